The summed E-state index contributed by atoms with van der Waals surface area (Å²) >= 11 is 0. The molecule has 1 atom stereocenters. The topological polar surface area (TPSA) is 87.3 Å². The third-order valence-electron chi connectivity index (χ3n) is 5.38. The van der Waals surface area contributed by atoms with Gasteiger partial charge in [-0.25, -0.2) is 13.6 Å². The van der Waals surface area contributed by atoms with Crippen LogP contribution in [0.5, 0.6) is 0 Å². The van der Waals surface area contributed by atoms with E-state index in [0.29, 0.717) is 11.1 Å². The number of benzene rings is 3. The van der Waals surface area contributed by atoms with Gasteiger partial charge in [-0.1, -0.05) is 42.5 Å². The van der Waals surface area contributed by atoms with E-state index >= 15 is 0 Å². The molecule has 32 heavy (non-hydrogen) atoms. The lowest BCUT2D eigenvalue weighted by molar-refractivity contribution is -0.123. The molecule has 6 nitrogen and oxygen atoms in total. The van der Waals surface area contributed by atoms with Gasteiger partial charge in [-0.15, -0.1) is 0 Å². The van der Waals surface area contributed by atoms with Crippen molar-refractivity contribution in [1.82, 2.24) is 16.0 Å². The van der Waals surface area contributed by atoms with Gasteiger partial charge in [0.15, 0.2) is 0 Å². The molecule has 1 fully saturated rings. The Morgan fingerprint density at radius 3 is 2.34 bits per heavy atom. The Balaban J connectivity index is 1.51. The predicted molar refractivity (Wildman–Crippen MR) is 113 cm³/mol. The van der Waals surface area contributed by atoms with Crippen LogP contribution in [0.3, 0.4) is 0 Å². The highest BCUT2D eigenvalue weighted by molar-refractivity contribution is 6.07. The van der Waals surface area contributed by atoms with Crippen molar-refractivity contribution in [3.05, 3.63) is 95.1 Å². The summed E-state index contributed by atoms with van der Waals surface area (Å²) < 4.78 is 28.2. The summed E-state index contributed by atoms with van der Waals surface area (Å²) in [5.74, 6) is -2.31. The van der Waals surface area contributed by atoms with Crippen LogP contribution in [0.15, 0.2) is 66.7 Å². The van der Waals surface area contributed by atoms with E-state index in [9.17, 15) is 23.2 Å². The number of amides is 4. The van der Waals surface area contributed by atoms with Gasteiger partial charge in [0.05, 0.1) is 5.56 Å². The first kappa shape index (κ1) is 21.2. The van der Waals surface area contributed by atoms with Crippen LogP contribution in [-0.2, 0) is 16.9 Å². The third-order valence-corrected chi connectivity index (χ3v) is 5.38. The van der Waals surface area contributed by atoms with Crippen LogP contribution in [0, 0.1) is 11.6 Å². The Morgan fingerprint density at radius 1 is 0.969 bits per heavy atom. The van der Waals surface area contributed by atoms with Gasteiger partial charge in [-0.2, -0.15) is 0 Å². The van der Waals surface area contributed by atoms with E-state index in [-0.39, 0.29) is 23.2 Å². The normalized spacial score (nSPS) is 17.6. The molecule has 4 amide bonds. The smallest absolute Gasteiger partial charge is 0.322 e. The van der Waals surface area contributed by atoms with Gasteiger partial charge in [0.1, 0.15) is 17.2 Å². The molecule has 4 rings (SSSR count). The summed E-state index contributed by atoms with van der Waals surface area (Å²) in [7, 11) is 0. The van der Waals surface area contributed by atoms with Crippen molar-refractivity contribution < 1.29 is 23.2 Å². The third kappa shape index (κ3) is 3.94. The Bertz CT molecular complexity index is 1220. The molecule has 0 radical (unpaired) electrons. The average molecular weight is 435 g/mol. The van der Waals surface area contributed by atoms with Crippen LogP contribution in [0.25, 0.3) is 11.1 Å². The Kier molecular flexibility index (Phi) is 5.44. The Morgan fingerprint density at radius 2 is 1.66 bits per heavy atom. The van der Waals surface area contributed by atoms with Gasteiger partial charge >= 0.3 is 6.03 Å². The van der Waals surface area contributed by atoms with Crippen LogP contribution in [0.2, 0.25) is 0 Å². The van der Waals surface area contributed by atoms with Gasteiger partial charge in [-0.3, -0.25) is 14.9 Å². The second-order valence-electron chi connectivity index (χ2n) is 7.59. The van der Waals surface area contributed by atoms with Crippen molar-refractivity contribution >= 4 is 17.8 Å². The molecule has 8 heteroatoms. The van der Waals surface area contributed by atoms with Crippen molar-refractivity contribution in [3.8, 4) is 11.1 Å². The van der Waals surface area contributed by atoms with E-state index in [1.165, 1.54) is 18.2 Å². The van der Waals surface area contributed by atoms with Gasteiger partial charge in [0.2, 0.25) is 0 Å². The SMILES string of the molecule is CC1(c2cccc(CNC(=O)c3cccc(-c4c(F)cccc4F)c3)c2)NC(=O)NC1=O. The van der Waals surface area contributed by atoms with Gasteiger partial charge in [-0.05, 0) is 47.9 Å². The molecule has 3 N–H and O–H groups in total. The largest absolute Gasteiger partial charge is 0.348 e. The van der Waals surface area contributed by atoms with E-state index in [1.807, 2.05) is 0 Å². The van der Waals surface area contributed by atoms with Crippen LogP contribution in [0.4, 0.5) is 13.6 Å². The maximum atomic E-state index is 14.1. The summed E-state index contributed by atoms with van der Waals surface area (Å²) in [6.45, 7) is 1.74. The molecule has 0 bridgehead atoms. The first-order chi connectivity index (χ1) is 15.3. The predicted octanol–water partition coefficient (Wildman–Crippen LogP) is 3.62. The lowest BCUT2D eigenvalue weighted by atomic mass is 9.91. The first-order valence-corrected chi connectivity index (χ1v) is 9.83. The molecule has 3 aromatic rings. The summed E-state index contributed by atoms with van der Waals surface area (Å²) in [6, 6.07) is 16.0. The highest BCUT2D eigenvalue weighted by atomic mass is 19.1. The van der Waals surface area contributed by atoms with Crippen LogP contribution < -0.4 is 16.0 Å². The van der Waals surface area contributed by atoms with E-state index in [2.05, 4.69) is 16.0 Å². The minimum absolute atomic E-state index is 0.149. The zero-order valence-corrected chi connectivity index (χ0v) is 17.0. The molecule has 0 spiro atoms. The molecule has 162 valence electrons. The quantitative estimate of drug-likeness (QED) is 0.535. The molecule has 1 aliphatic rings. The van der Waals surface area contributed by atoms with Crippen LogP contribution in [0.1, 0.15) is 28.4 Å². The number of halogens is 2. The fraction of sp³-hybridized carbons (Fsp3) is 0.125. The second kappa shape index (κ2) is 8.22. The van der Waals surface area contributed by atoms with E-state index in [4.69, 9.17) is 0 Å². The number of urea groups is 1. The molecule has 0 saturated carbocycles. The first-order valence-electron chi connectivity index (χ1n) is 9.83. The molecule has 1 unspecified atom stereocenters. The maximum absolute atomic E-state index is 14.1. The number of nitrogens with one attached hydrogen (secondary N) is 3. The van der Waals surface area contributed by atoms with Crippen molar-refractivity contribution in [2.24, 2.45) is 0 Å². The number of carbonyl (C=O) groups is 3. The summed E-state index contributed by atoms with van der Waals surface area (Å²) in [4.78, 5) is 36.3. The fourth-order valence-corrected chi connectivity index (χ4v) is 3.61. The van der Waals surface area contributed by atoms with E-state index < -0.39 is 35.0 Å². The molecule has 0 aliphatic carbocycles. The highest BCUT2D eigenvalue weighted by Crippen LogP contribution is 2.27. The molecular weight excluding hydrogens is 416 g/mol. The van der Waals surface area contributed by atoms with Crippen molar-refractivity contribution in [2.45, 2.75) is 19.0 Å². The maximum Gasteiger partial charge on any atom is 0.322 e. The lowest BCUT2D eigenvalue weighted by Crippen LogP contribution is -2.40. The summed E-state index contributed by atoms with van der Waals surface area (Å²) in [6.07, 6.45) is 0. The average Bonchev–Trinajstić information content (AvgIpc) is 3.04. The molecule has 1 saturated heterocycles. The second-order valence-corrected chi connectivity index (χ2v) is 7.59. The highest BCUT2D eigenvalue weighted by Gasteiger charge is 2.43. The Hall–Kier alpha value is -4.07. The van der Waals surface area contributed by atoms with Gasteiger partial charge in [0.25, 0.3) is 11.8 Å². The minimum atomic E-state index is -1.20. The number of rotatable bonds is 5. The molecule has 3 aromatic carbocycles. The minimum Gasteiger partial charge on any atom is -0.348 e. The molecule has 1 aliphatic heterocycles. The van der Waals surface area contributed by atoms with Crippen LogP contribution in [-0.4, -0.2) is 17.8 Å². The van der Waals surface area contributed by atoms with Crippen LogP contribution >= 0.6 is 0 Å². The Labute approximate surface area is 182 Å². The molecular formula is C24H19F2N3O3. The molecule has 1 heterocycles. The number of imide groups is 1. The summed E-state index contributed by atoms with van der Waals surface area (Å²) in [5.41, 5.74) is 0.392. The molecule has 0 aromatic heterocycles. The fourth-order valence-electron chi connectivity index (χ4n) is 3.61. The number of carbonyl (C=O) groups excluding carboxylic acids is 3. The van der Waals surface area contributed by atoms with E-state index in [0.717, 1.165) is 12.1 Å². The number of hydrogen-bond acceptors (Lipinski definition) is 3. The standard InChI is InChI=1S/C24H19F2N3O3/c1-24(22(31)28-23(32)29-24)17-8-2-5-14(11-17)13-27-21(30)16-7-3-6-15(12-16)20-18(25)9-4-10-19(20)26/h2-12H,13H2,1H3,(H,27,30)(H2,28,29,31,32). The van der Waals surface area contributed by atoms with Crippen molar-refractivity contribution in [2.75, 3.05) is 0 Å². The van der Waals surface area contributed by atoms with Crippen molar-refractivity contribution in [3.63, 3.8) is 0 Å². The zero-order chi connectivity index (χ0) is 22.9. The van der Waals surface area contributed by atoms with E-state index in [1.54, 1.807) is 43.3 Å². The monoisotopic (exact) mass is 435 g/mol. The summed E-state index contributed by atoms with van der Waals surface area (Å²) in [5, 5.41) is 7.57. The zero-order valence-electron chi connectivity index (χ0n) is 17.0. The lowest BCUT2D eigenvalue weighted by Gasteiger charge is -2.21. The number of hydrogen-bond donors (Lipinski definition) is 3. The van der Waals surface area contributed by atoms with Gasteiger partial charge < -0.3 is 10.6 Å². The van der Waals surface area contributed by atoms with Crippen molar-refractivity contribution in [1.29, 1.82) is 0 Å². The van der Waals surface area contributed by atoms with Gasteiger partial charge in [0, 0.05) is 12.1 Å².